The molecule has 1 aromatic rings. The summed E-state index contributed by atoms with van der Waals surface area (Å²) in [6.45, 7) is 5.44. The molecule has 2 heteroatoms. The number of carbonyl (C=O) groups excluding carboxylic acids is 1. The first-order valence-electron chi connectivity index (χ1n) is 5.78. The molecule has 0 N–H and O–H groups in total. The Balaban J connectivity index is 1.97. The largest absolute Gasteiger partial charge is 0.381 e. The van der Waals surface area contributed by atoms with Gasteiger partial charge in [-0.3, -0.25) is 4.79 Å². The molecule has 1 aliphatic rings. The lowest BCUT2D eigenvalue weighted by Crippen LogP contribution is -2.18. The van der Waals surface area contributed by atoms with Crippen molar-refractivity contribution in [1.82, 2.24) is 0 Å². The van der Waals surface area contributed by atoms with Crippen molar-refractivity contribution in [1.29, 1.82) is 0 Å². The van der Waals surface area contributed by atoms with Crippen LogP contribution in [0.4, 0.5) is 0 Å². The fourth-order valence-corrected chi connectivity index (χ4v) is 2.08. The van der Waals surface area contributed by atoms with E-state index in [2.05, 4.69) is 6.92 Å². The topological polar surface area (TPSA) is 26.3 Å². The molecule has 16 heavy (non-hydrogen) atoms. The van der Waals surface area contributed by atoms with Crippen LogP contribution in [0.2, 0.25) is 0 Å². The molecule has 0 atom stereocenters. The maximum Gasteiger partial charge on any atom is 0.163 e. The number of benzene rings is 1. The fraction of sp³-hybridized carbons (Fsp3) is 0.429. The van der Waals surface area contributed by atoms with Gasteiger partial charge >= 0.3 is 0 Å². The summed E-state index contributed by atoms with van der Waals surface area (Å²) in [4.78, 5) is 12.0. The Bertz CT molecular complexity index is 365. The summed E-state index contributed by atoms with van der Waals surface area (Å²) in [5, 5.41) is 0. The summed E-state index contributed by atoms with van der Waals surface area (Å²) in [7, 11) is 0. The van der Waals surface area contributed by atoms with Crippen LogP contribution in [0.1, 0.15) is 35.2 Å². The normalized spacial score (nSPS) is 17.3. The average Bonchev–Trinajstić information content (AvgIpc) is 2.30. The summed E-state index contributed by atoms with van der Waals surface area (Å²) in [6, 6.07) is 7.53. The van der Waals surface area contributed by atoms with E-state index in [0.29, 0.717) is 12.3 Å². The second-order valence-electron chi connectivity index (χ2n) is 4.38. The standard InChI is InChI=1S/C14H17O2/c1-11-3-2-4-13(9-11)14(15)10-12-5-7-16-8-6-12/h2-4,9,12H,1,5-8,10H2. The highest BCUT2D eigenvalue weighted by Gasteiger charge is 2.18. The van der Waals surface area contributed by atoms with Gasteiger partial charge in [0.25, 0.3) is 0 Å². The molecular weight excluding hydrogens is 200 g/mol. The Hall–Kier alpha value is -1.15. The average molecular weight is 217 g/mol. The minimum atomic E-state index is 0.234. The Morgan fingerprint density at radius 1 is 1.38 bits per heavy atom. The van der Waals surface area contributed by atoms with Crippen molar-refractivity contribution in [3.05, 3.63) is 42.3 Å². The molecule has 1 aliphatic heterocycles. The zero-order chi connectivity index (χ0) is 11.4. The monoisotopic (exact) mass is 217 g/mol. The molecule has 0 amide bonds. The maximum absolute atomic E-state index is 12.0. The number of ketones is 1. The molecule has 0 aromatic heterocycles. The van der Waals surface area contributed by atoms with Gasteiger partial charge in [0.15, 0.2) is 5.78 Å². The van der Waals surface area contributed by atoms with E-state index >= 15 is 0 Å². The first kappa shape index (κ1) is 11.3. The van der Waals surface area contributed by atoms with Gasteiger partial charge in [-0.1, -0.05) is 18.2 Å². The zero-order valence-corrected chi connectivity index (χ0v) is 9.45. The lowest BCUT2D eigenvalue weighted by molar-refractivity contribution is 0.0601. The molecule has 1 aromatic carbocycles. The lowest BCUT2D eigenvalue weighted by atomic mass is 9.92. The number of ether oxygens (including phenoxy) is 1. The molecule has 2 nitrogen and oxygen atoms in total. The highest BCUT2D eigenvalue weighted by molar-refractivity contribution is 5.96. The highest BCUT2D eigenvalue weighted by Crippen LogP contribution is 2.21. The van der Waals surface area contributed by atoms with Crippen LogP contribution in [0.25, 0.3) is 0 Å². The summed E-state index contributed by atoms with van der Waals surface area (Å²) >= 11 is 0. The first-order valence-corrected chi connectivity index (χ1v) is 5.78. The molecule has 0 bridgehead atoms. The molecule has 0 saturated carbocycles. The molecule has 1 saturated heterocycles. The van der Waals surface area contributed by atoms with Crippen molar-refractivity contribution in [2.75, 3.05) is 13.2 Å². The number of rotatable bonds is 3. The van der Waals surface area contributed by atoms with E-state index in [-0.39, 0.29) is 5.78 Å². The predicted octanol–water partition coefficient (Wildman–Crippen LogP) is 2.87. The van der Waals surface area contributed by atoms with Gasteiger partial charge in [-0.25, -0.2) is 0 Å². The van der Waals surface area contributed by atoms with E-state index in [1.165, 1.54) is 0 Å². The fourth-order valence-electron chi connectivity index (χ4n) is 2.08. The lowest BCUT2D eigenvalue weighted by Gasteiger charge is -2.21. The number of Topliss-reactive ketones (excluding diaryl/α,β-unsaturated/α-hetero) is 1. The summed E-state index contributed by atoms with van der Waals surface area (Å²) in [5.41, 5.74) is 1.69. The van der Waals surface area contributed by atoms with E-state index < -0.39 is 0 Å². The molecule has 0 unspecified atom stereocenters. The van der Waals surface area contributed by atoms with Gasteiger partial charge in [0.1, 0.15) is 0 Å². The SMILES string of the molecule is [CH2]c1cccc(C(=O)CC2CCOCC2)c1. The van der Waals surface area contributed by atoms with Crippen LogP contribution in [-0.4, -0.2) is 19.0 Å². The zero-order valence-electron chi connectivity index (χ0n) is 9.45. The van der Waals surface area contributed by atoms with Gasteiger partial charge in [0.05, 0.1) is 0 Å². The van der Waals surface area contributed by atoms with Crippen LogP contribution in [0.5, 0.6) is 0 Å². The van der Waals surface area contributed by atoms with Crippen LogP contribution in [0.3, 0.4) is 0 Å². The van der Waals surface area contributed by atoms with E-state index in [4.69, 9.17) is 4.74 Å². The van der Waals surface area contributed by atoms with Gasteiger partial charge in [0, 0.05) is 25.2 Å². The minimum Gasteiger partial charge on any atom is -0.381 e. The number of hydrogen-bond donors (Lipinski definition) is 0. The minimum absolute atomic E-state index is 0.234. The predicted molar refractivity (Wildman–Crippen MR) is 63.4 cm³/mol. The Morgan fingerprint density at radius 2 is 2.12 bits per heavy atom. The molecular formula is C14H17O2. The summed E-state index contributed by atoms with van der Waals surface area (Å²) < 4.78 is 5.28. The Morgan fingerprint density at radius 3 is 2.81 bits per heavy atom. The third-order valence-electron chi connectivity index (χ3n) is 3.06. The quantitative estimate of drug-likeness (QED) is 0.728. The first-order chi connectivity index (χ1) is 7.75. The number of carbonyl (C=O) groups is 1. The smallest absolute Gasteiger partial charge is 0.163 e. The van der Waals surface area contributed by atoms with Gasteiger partial charge in [0.2, 0.25) is 0 Å². The van der Waals surface area contributed by atoms with E-state index in [1.54, 1.807) is 0 Å². The molecule has 2 rings (SSSR count). The molecule has 0 aliphatic carbocycles. The van der Waals surface area contributed by atoms with Crippen molar-refractivity contribution < 1.29 is 9.53 Å². The van der Waals surface area contributed by atoms with Crippen LogP contribution < -0.4 is 0 Å². The highest BCUT2D eigenvalue weighted by atomic mass is 16.5. The summed E-state index contributed by atoms with van der Waals surface area (Å²) in [6.07, 6.45) is 2.67. The summed E-state index contributed by atoms with van der Waals surface area (Å²) in [5.74, 6) is 0.729. The third kappa shape index (κ3) is 2.92. The van der Waals surface area contributed by atoms with Crippen molar-refractivity contribution in [3.63, 3.8) is 0 Å². The molecule has 1 fully saturated rings. The molecule has 1 radical (unpaired) electrons. The maximum atomic E-state index is 12.0. The van der Waals surface area contributed by atoms with E-state index in [1.807, 2.05) is 24.3 Å². The van der Waals surface area contributed by atoms with Crippen molar-refractivity contribution in [2.45, 2.75) is 19.3 Å². The number of hydrogen-bond acceptors (Lipinski definition) is 2. The second-order valence-corrected chi connectivity index (χ2v) is 4.38. The molecule has 1 heterocycles. The second kappa shape index (κ2) is 5.26. The van der Waals surface area contributed by atoms with Crippen LogP contribution in [-0.2, 0) is 4.74 Å². The van der Waals surface area contributed by atoms with Gasteiger partial charge in [-0.15, -0.1) is 0 Å². The Kier molecular flexibility index (Phi) is 3.73. The third-order valence-corrected chi connectivity index (χ3v) is 3.06. The molecule has 0 spiro atoms. The van der Waals surface area contributed by atoms with Crippen molar-refractivity contribution >= 4 is 5.78 Å². The van der Waals surface area contributed by atoms with E-state index in [9.17, 15) is 4.79 Å². The Labute approximate surface area is 96.6 Å². The van der Waals surface area contributed by atoms with Gasteiger partial charge in [-0.05, 0) is 37.3 Å². The van der Waals surface area contributed by atoms with Crippen molar-refractivity contribution in [3.8, 4) is 0 Å². The van der Waals surface area contributed by atoms with Crippen molar-refractivity contribution in [2.24, 2.45) is 5.92 Å². The van der Waals surface area contributed by atoms with Crippen LogP contribution in [0, 0.1) is 12.8 Å². The van der Waals surface area contributed by atoms with Gasteiger partial charge < -0.3 is 4.74 Å². The van der Waals surface area contributed by atoms with Crippen LogP contribution >= 0.6 is 0 Å². The van der Waals surface area contributed by atoms with Gasteiger partial charge in [-0.2, -0.15) is 0 Å². The van der Waals surface area contributed by atoms with E-state index in [0.717, 1.165) is 37.2 Å². The van der Waals surface area contributed by atoms with Crippen LogP contribution in [0.15, 0.2) is 24.3 Å². The molecule has 85 valence electrons.